The summed E-state index contributed by atoms with van der Waals surface area (Å²) in [4.78, 5) is 22.5. The molecule has 0 aliphatic rings. The second kappa shape index (κ2) is 7.27. The summed E-state index contributed by atoms with van der Waals surface area (Å²) >= 11 is 0. The van der Waals surface area contributed by atoms with Crippen LogP contribution in [0, 0.1) is 17.8 Å². The van der Waals surface area contributed by atoms with Gasteiger partial charge in [0.15, 0.2) is 0 Å². The molecule has 1 amide bonds. The Hall–Kier alpha value is -1.10. The summed E-state index contributed by atoms with van der Waals surface area (Å²) in [6.45, 7) is 7.75. The highest BCUT2D eigenvalue weighted by Gasteiger charge is 2.23. The average Bonchev–Trinajstić information content (AvgIpc) is 2.15. The summed E-state index contributed by atoms with van der Waals surface area (Å²) < 4.78 is 0. The molecule has 5 heteroatoms. The van der Waals surface area contributed by atoms with Gasteiger partial charge in [0.05, 0.1) is 12.0 Å². The van der Waals surface area contributed by atoms with Crippen LogP contribution < -0.4 is 11.1 Å². The van der Waals surface area contributed by atoms with Gasteiger partial charge in [0.1, 0.15) is 0 Å². The first-order valence-electron chi connectivity index (χ1n) is 6.01. The Kier molecular flexibility index (Phi) is 6.80. The lowest BCUT2D eigenvalue weighted by Gasteiger charge is -2.19. The SMILES string of the molecule is CC(C)C[C@@H](N)C(=O)NCC(C(=O)O)C(C)C. The van der Waals surface area contributed by atoms with Gasteiger partial charge < -0.3 is 16.2 Å². The molecule has 0 aromatic rings. The van der Waals surface area contributed by atoms with E-state index in [9.17, 15) is 9.59 Å². The fourth-order valence-corrected chi connectivity index (χ4v) is 1.56. The summed E-state index contributed by atoms with van der Waals surface area (Å²) in [5.41, 5.74) is 5.70. The van der Waals surface area contributed by atoms with Crippen LogP contribution in [0.2, 0.25) is 0 Å². The topological polar surface area (TPSA) is 92.4 Å². The first kappa shape index (κ1) is 15.9. The zero-order chi connectivity index (χ0) is 13.6. The number of carboxylic acid groups (broad SMARTS) is 1. The van der Waals surface area contributed by atoms with Crippen molar-refractivity contribution in [3.63, 3.8) is 0 Å². The Morgan fingerprint density at radius 3 is 2.12 bits per heavy atom. The maximum absolute atomic E-state index is 11.6. The van der Waals surface area contributed by atoms with Crippen molar-refractivity contribution in [2.75, 3.05) is 6.54 Å². The van der Waals surface area contributed by atoms with Crippen LogP contribution in [0.1, 0.15) is 34.1 Å². The standard InChI is InChI=1S/C12H24N2O3/c1-7(2)5-10(13)11(15)14-6-9(8(3)4)12(16)17/h7-10H,5-6,13H2,1-4H3,(H,14,15)(H,16,17)/t9?,10-/m1/s1. The van der Waals surface area contributed by atoms with E-state index in [1.807, 2.05) is 27.7 Å². The Bertz CT molecular complexity index is 264. The molecule has 4 N–H and O–H groups in total. The number of hydrogen-bond donors (Lipinski definition) is 3. The Morgan fingerprint density at radius 1 is 1.24 bits per heavy atom. The Labute approximate surface area is 103 Å². The zero-order valence-corrected chi connectivity index (χ0v) is 11.1. The van der Waals surface area contributed by atoms with E-state index >= 15 is 0 Å². The van der Waals surface area contributed by atoms with Crippen LogP contribution in [0.4, 0.5) is 0 Å². The molecule has 0 rings (SSSR count). The minimum Gasteiger partial charge on any atom is -0.481 e. The van der Waals surface area contributed by atoms with Gasteiger partial charge >= 0.3 is 5.97 Å². The minimum absolute atomic E-state index is 0.0193. The summed E-state index contributed by atoms with van der Waals surface area (Å²) in [6.07, 6.45) is 0.602. The smallest absolute Gasteiger partial charge is 0.308 e. The molecule has 0 bridgehead atoms. The quantitative estimate of drug-likeness (QED) is 0.618. The number of carboxylic acids is 1. The van der Waals surface area contributed by atoms with Crippen molar-refractivity contribution in [2.45, 2.75) is 40.2 Å². The predicted molar refractivity (Wildman–Crippen MR) is 66.4 cm³/mol. The van der Waals surface area contributed by atoms with Crippen LogP contribution in [-0.4, -0.2) is 29.6 Å². The molecule has 100 valence electrons. The molecule has 2 atom stereocenters. The fraction of sp³-hybridized carbons (Fsp3) is 0.833. The molecule has 5 nitrogen and oxygen atoms in total. The third-order valence-corrected chi connectivity index (χ3v) is 2.68. The lowest BCUT2D eigenvalue weighted by atomic mass is 9.96. The summed E-state index contributed by atoms with van der Waals surface area (Å²) in [6, 6.07) is -0.559. The molecule has 0 saturated carbocycles. The maximum Gasteiger partial charge on any atom is 0.308 e. The van der Waals surface area contributed by atoms with Crippen molar-refractivity contribution >= 4 is 11.9 Å². The maximum atomic E-state index is 11.6. The lowest BCUT2D eigenvalue weighted by Crippen LogP contribution is -2.44. The van der Waals surface area contributed by atoms with Crippen LogP contribution >= 0.6 is 0 Å². The summed E-state index contributed by atoms with van der Waals surface area (Å²) in [5.74, 6) is -1.40. The number of aliphatic carboxylic acids is 1. The summed E-state index contributed by atoms with van der Waals surface area (Å²) in [5, 5.41) is 11.6. The van der Waals surface area contributed by atoms with Gasteiger partial charge in [-0.1, -0.05) is 27.7 Å². The molecule has 0 saturated heterocycles. The van der Waals surface area contributed by atoms with Gasteiger partial charge in [-0.2, -0.15) is 0 Å². The number of rotatable bonds is 7. The summed E-state index contributed by atoms with van der Waals surface area (Å²) in [7, 11) is 0. The van der Waals surface area contributed by atoms with E-state index in [1.165, 1.54) is 0 Å². The first-order valence-corrected chi connectivity index (χ1v) is 6.01. The van der Waals surface area contributed by atoms with Gasteiger partial charge in [-0.05, 0) is 18.3 Å². The largest absolute Gasteiger partial charge is 0.481 e. The highest BCUT2D eigenvalue weighted by molar-refractivity contribution is 5.82. The van der Waals surface area contributed by atoms with Gasteiger partial charge in [-0.3, -0.25) is 9.59 Å². The fourth-order valence-electron chi connectivity index (χ4n) is 1.56. The molecule has 0 aliphatic carbocycles. The third kappa shape index (κ3) is 6.26. The first-order chi connectivity index (χ1) is 7.75. The molecule has 0 spiro atoms. The van der Waals surface area contributed by atoms with E-state index in [2.05, 4.69) is 5.32 Å². The van der Waals surface area contributed by atoms with E-state index < -0.39 is 17.9 Å². The average molecular weight is 244 g/mol. The lowest BCUT2D eigenvalue weighted by molar-refractivity contribution is -0.143. The van der Waals surface area contributed by atoms with Crippen molar-refractivity contribution in [1.29, 1.82) is 0 Å². The molecular weight excluding hydrogens is 220 g/mol. The van der Waals surface area contributed by atoms with Crippen molar-refractivity contribution < 1.29 is 14.7 Å². The van der Waals surface area contributed by atoms with Crippen LogP contribution in [0.15, 0.2) is 0 Å². The Balaban J connectivity index is 4.17. The molecule has 0 aliphatic heterocycles. The normalized spacial score (nSPS) is 14.8. The monoisotopic (exact) mass is 244 g/mol. The van der Waals surface area contributed by atoms with Crippen molar-refractivity contribution in [1.82, 2.24) is 5.32 Å². The minimum atomic E-state index is -0.891. The molecule has 0 radical (unpaired) electrons. The zero-order valence-electron chi connectivity index (χ0n) is 11.1. The highest BCUT2D eigenvalue weighted by atomic mass is 16.4. The number of nitrogens with two attached hydrogens (primary N) is 1. The van der Waals surface area contributed by atoms with Gasteiger partial charge in [-0.25, -0.2) is 0 Å². The number of nitrogens with one attached hydrogen (secondary N) is 1. The van der Waals surface area contributed by atoms with E-state index in [-0.39, 0.29) is 18.4 Å². The van der Waals surface area contributed by atoms with Crippen molar-refractivity contribution in [3.05, 3.63) is 0 Å². The molecule has 0 heterocycles. The van der Waals surface area contributed by atoms with Crippen LogP contribution in [0.25, 0.3) is 0 Å². The number of carbonyl (C=O) groups is 2. The van der Waals surface area contributed by atoms with E-state index in [0.717, 1.165) is 0 Å². The van der Waals surface area contributed by atoms with Gasteiger partial charge in [0.25, 0.3) is 0 Å². The molecule has 0 aromatic carbocycles. The Morgan fingerprint density at radius 2 is 1.76 bits per heavy atom. The molecule has 17 heavy (non-hydrogen) atoms. The van der Waals surface area contributed by atoms with Gasteiger partial charge in [0.2, 0.25) is 5.91 Å². The van der Waals surface area contributed by atoms with Crippen molar-refractivity contribution in [2.24, 2.45) is 23.5 Å². The highest BCUT2D eigenvalue weighted by Crippen LogP contribution is 2.10. The van der Waals surface area contributed by atoms with Gasteiger partial charge in [0, 0.05) is 6.54 Å². The molecule has 0 aromatic heterocycles. The number of amides is 1. The number of carbonyl (C=O) groups excluding carboxylic acids is 1. The molecular formula is C12H24N2O3. The van der Waals surface area contributed by atoms with E-state index in [1.54, 1.807) is 0 Å². The second-order valence-corrected chi connectivity index (χ2v) is 5.17. The van der Waals surface area contributed by atoms with Crippen LogP contribution in [0.3, 0.4) is 0 Å². The number of hydrogen-bond acceptors (Lipinski definition) is 3. The van der Waals surface area contributed by atoms with E-state index in [4.69, 9.17) is 10.8 Å². The van der Waals surface area contributed by atoms with Gasteiger partial charge in [-0.15, -0.1) is 0 Å². The molecule has 0 fully saturated rings. The van der Waals surface area contributed by atoms with Crippen LogP contribution in [-0.2, 0) is 9.59 Å². The predicted octanol–water partition coefficient (Wildman–Crippen LogP) is 0.833. The molecule has 1 unspecified atom stereocenters. The van der Waals surface area contributed by atoms with E-state index in [0.29, 0.717) is 12.3 Å². The third-order valence-electron chi connectivity index (χ3n) is 2.68. The van der Waals surface area contributed by atoms with Crippen molar-refractivity contribution in [3.8, 4) is 0 Å². The van der Waals surface area contributed by atoms with Crippen LogP contribution in [0.5, 0.6) is 0 Å². The second-order valence-electron chi connectivity index (χ2n) is 5.17.